The summed E-state index contributed by atoms with van der Waals surface area (Å²) < 4.78 is 0. The highest BCUT2D eigenvalue weighted by Gasteiger charge is 2.29. The van der Waals surface area contributed by atoms with Crippen LogP contribution >= 0.6 is 0 Å². The number of Topliss-reactive ketones (excluding diaryl/α,β-unsaturated/α-hetero) is 1. The smallest absolute Gasteiger partial charge is 0.254 e. The van der Waals surface area contributed by atoms with Gasteiger partial charge < -0.3 is 15.2 Å². The molecule has 0 radical (unpaired) electrons. The van der Waals surface area contributed by atoms with Crippen molar-refractivity contribution in [2.75, 3.05) is 18.4 Å². The lowest BCUT2D eigenvalue weighted by atomic mass is 10.0. The second-order valence-corrected chi connectivity index (χ2v) is 9.65. The average molecular weight is 494 g/mol. The van der Waals surface area contributed by atoms with Gasteiger partial charge in [0, 0.05) is 47.5 Å². The Balaban J connectivity index is 1.27. The summed E-state index contributed by atoms with van der Waals surface area (Å²) in [6.45, 7) is 4.85. The number of aromatic nitrogens is 1. The van der Waals surface area contributed by atoms with Crippen LogP contribution in [0.5, 0.6) is 0 Å². The lowest BCUT2D eigenvalue weighted by molar-refractivity contribution is 0.0743. The standard InChI is InChI=1S/C31H31N3O3/c1-3-21-6-8-22(9-7-21)23-10-12-24(13-11-23)31(37)34-16-4-5-26(34)18-32-25-14-15-29-27(17-25)30(36)28(19-33-29)20(2)35/h6-15,17,19,26,32H,3-5,16,18H2,1-2H3,(H,33,36). The van der Waals surface area contributed by atoms with Gasteiger partial charge in [0.2, 0.25) is 0 Å². The Hall–Kier alpha value is -4.19. The number of carbonyl (C=O) groups excluding carboxylic acids is 2. The SMILES string of the molecule is CCc1ccc(-c2ccc(C(=O)N3CCCC3CNc3ccc4[nH]cc(C(C)=O)c(=O)c4c3)cc2)cc1. The van der Waals surface area contributed by atoms with Crippen LogP contribution in [0.4, 0.5) is 5.69 Å². The summed E-state index contributed by atoms with van der Waals surface area (Å²) in [5.74, 6) is -0.220. The lowest BCUT2D eigenvalue weighted by Gasteiger charge is -2.25. The van der Waals surface area contributed by atoms with Crippen LogP contribution in [-0.2, 0) is 6.42 Å². The fraction of sp³-hybridized carbons (Fsp3) is 0.258. The minimum absolute atomic E-state index is 0.0400. The lowest BCUT2D eigenvalue weighted by Crippen LogP contribution is -2.39. The predicted molar refractivity (Wildman–Crippen MR) is 148 cm³/mol. The number of H-pyrrole nitrogens is 1. The third kappa shape index (κ3) is 5.05. The Kier molecular flexibility index (Phi) is 6.91. The van der Waals surface area contributed by atoms with Crippen LogP contribution in [0, 0.1) is 0 Å². The van der Waals surface area contributed by atoms with E-state index in [2.05, 4.69) is 41.5 Å². The quantitative estimate of drug-likeness (QED) is 0.325. The van der Waals surface area contributed by atoms with Gasteiger partial charge >= 0.3 is 0 Å². The van der Waals surface area contributed by atoms with Gasteiger partial charge in [-0.2, -0.15) is 0 Å². The minimum atomic E-state index is -0.271. The number of aromatic amines is 1. The monoisotopic (exact) mass is 493 g/mol. The van der Waals surface area contributed by atoms with Gasteiger partial charge in [-0.25, -0.2) is 0 Å². The van der Waals surface area contributed by atoms with Gasteiger partial charge in [0.15, 0.2) is 11.2 Å². The minimum Gasteiger partial charge on any atom is -0.383 e. The first-order chi connectivity index (χ1) is 17.9. The number of pyridine rings is 1. The zero-order chi connectivity index (χ0) is 25.9. The molecule has 2 N–H and O–H groups in total. The highest BCUT2D eigenvalue weighted by atomic mass is 16.2. The van der Waals surface area contributed by atoms with E-state index in [-0.39, 0.29) is 28.7 Å². The molecule has 5 rings (SSSR count). The molecule has 1 unspecified atom stereocenters. The first-order valence-electron chi connectivity index (χ1n) is 12.8. The maximum Gasteiger partial charge on any atom is 0.254 e. The number of nitrogens with one attached hydrogen (secondary N) is 2. The molecule has 0 spiro atoms. The van der Waals surface area contributed by atoms with Crippen molar-refractivity contribution >= 4 is 28.3 Å². The average Bonchev–Trinajstić information content (AvgIpc) is 3.40. The Morgan fingerprint density at radius 2 is 1.70 bits per heavy atom. The number of hydrogen-bond acceptors (Lipinski definition) is 4. The van der Waals surface area contributed by atoms with Crippen molar-refractivity contribution in [1.29, 1.82) is 0 Å². The van der Waals surface area contributed by atoms with Gasteiger partial charge in [0.1, 0.15) is 0 Å². The first kappa shape index (κ1) is 24.5. The van der Waals surface area contributed by atoms with Crippen molar-refractivity contribution < 1.29 is 9.59 Å². The largest absolute Gasteiger partial charge is 0.383 e. The van der Waals surface area contributed by atoms with E-state index in [1.54, 1.807) is 6.07 Å². The van der Waals surface area contributed by atoms with Crippen LogP contribution in [0.2, 0.25) is 0 Å². The van der Waals surface area contributed by atoms with E-state index in [0.29, 0.717) is 23.0 Å². The summed E-state index contributed by atoms with van der Waals surface area (Å²) in [6, 6.07) is 22.0. The summed E-state index contributed by atoms with van der Waals surface area (Å²) in [6.07, 6.45) is 4.36. The van der Waals surface area contributed by atoms with Crippen molar-refractivity contribution in [3.63, 3.8) is 0 Å². The highest BCUT2D eigenvalue weighted by Crippen LogP contribution is 2.25. The van der Waals surface area contributed by atoms with Gasteiger partial charge in [0.25, 0.3) is 5.91 Å². The molecule has 1 aromatic heterocycles. The molecule has 0 saturated carbocycles. The third-order valence-corrected chi connectivity index (χ3v) is 7.27. The molecule has 1 amide bonds. The zero-order valence-electron chi connectivity index (χ0n) is 21.2. The number of benzene rings is 3. The number of likely N-dealkylation sites (tertiary alicyclic amines) is 1. The fourth-order valence-corrected chi connectivity index (χ4v) is 5.04. The Labute approximate surface area is 216 Å². The van der Waals surface area contributed by atoms with Crippen molar-refractivity contribution in [2.45, 2.75) is 39.2 Å². The van der Waals surface area contributed by atoms with Crippen LogP contribution in [-0.4, -0.2) is 40.7 Å². The van der Waals surface area contributed by atoms with Crippen LogP contribution in [0.25, 0.3) is 22.0 Å². The topological polar surface area (TPSA) is 82.3 Å². The molecular weight excluding hydrogens is 462 g/mol. The van der Waals surface area contributed by atoms with E-state index in [1.165, 1.54) is 18.7 Å². The number of aryl methyl sites for hydroxylation is 1. The summed E-state index contributed by atoms with van der Waals surface area (Å²) in [7, 11) is 0. The van der Waals surface area contributed by atoms with Gasteiger partial charge in [-0.1, -0.05) is 43.3 Å². The fourth-order valence-electron chi connectivity index (χ4n) is 5.04. The molecule has 1 atom stereocenters. The normalized spacial score (nSPS) is 15.2. The van der Waals surface area contributed by atoms with E-state index in [1.807, 2.05) is 41.3 Å². The Morgan fingerprint density at radius 1 is 1.00 bits per heavy atom. The number of fused-ring (bicyclic) bond motifs is 1. The van der Waals surface area contributed by atoms with Crippen LogP contribution < -0.4 is 10.7 Å². The summed E-state index contributed by atoms with van der Waals surface area (Å²) in [5.41, 5.74) is 5.59. The maximum atomic E-state index is 13.3. The van der Waals surface area contributed by atoms with E-state index in [9.17, 15) is 14.4 Å². The number of carbonyl (C=O) groups is 2. The molecule has 188 valence electrons. The number of anilines is 1. The second-order valence-electron chi connectivity index (χ2n) is 9.65. The first-order valence-corrected chi connectivity index (χ1v) is 12.8. The molecule has 3 aromatic carbocycles. The van der Waals surface area contributed by atoms with Gasteiger partial charge in [-0.15, -0.1) is 0 Å². The molecule has 37 heavy (non-hydrogen) atoms. The molecular formula is C31H31N3O3. The Bertz CT molecular complexity index is 1500. The van der Waals surface area contributed by atoms with E-state index >= 15 is 0 Å². The van der Waals surface area contributed by atoms with E-state index in [0.717, 1.165) is 42.6 Å². The van der Waals surface area contributed by atoms with Gasteiger partial charge in [-0.3, -0.25) is 14.4 Å². The van der Waals surface area contributed by atoms with Gasteiger partial charge in [0.05, 0.1) is 5.56 Å². The van der Waals surface area contributed by atoms with Crippen molar-refractivity contribution in [1.82, 2.24) is 9.88 Å². The molecule has 1 aliphatic heterocycles. The molecule has 0 aliphatic carbocycles. The van der Waals surface area contributed by atoms with Crippen molar-refractivity contribution in [2.24, 2.45) is 0 Å². The highest BCUT2D eigenvalue weighted by molar-refractivity contribution is 5.97. The second kappa shape index (κ2) is 10.4. The molecule has 0 bridgehead atoms. The third-order valence-electron chi connectivity index (χ3n) is 7.27. The number of nitrogens with zero attached hydrogens (tertiary/aromatic N) is 1. The van der Waals surface area contributed by atoms with Crippen LogP contribution in [0.15, 0.2) is 77.7 Å². The van der Waals surface area contributed by atoms with Crippen molar-refractivity contribution in [3.05, 3.63) is 99.8 Å². The molecule has 1 fully saturated rings. The van der Waals surface area contributed by atoms with E-state index < -0.39 is 0 Å². The summed E-state index contributed by atoms with van der Waals surface area (Å²) in [4.78, 5) is 42.8. The molecule has 6 nitrogen and oxygen atoms in total. The summed E-state index contributed by atoms with van der Waals surface area (Å²) >= 11 is 0. The maximum absolute atomic E-state index is 13.3. The number of rotatable bonds is 7. The number of hydrogen-bond donors (Lipinski definition) is 2. The molecule has 6 heteroatoms. The predicted octanol–water partition coefficient (Wildman–Crippen LogP) is 5.68. The van der Waals surface area contributed by atoms with Gasteiger partial charge in [-0.05, 0) is 73.2 Å². The van der Waals surface area contributed by atoms with Crippen LogP contribution in [0.1, 0.15) is 53.0 Å². The van der Waals surface area contributed by atoms with Crippen LogP contribution in [0.3, 0.4) is 0 Å². The number of ketones is 1. The zero-order valence-corrected chi connectivity index (χ0v) is 21.2. The molecule has 1 aliphatic rings. The molecule has 2 heterocycles. The Morgan fingerprint density at radius 3 is 2.38 bits per heavy atom. The molecule has 1 saturated heterocycles. The van der Waals surface area contributed by atoms with Crippen molar-refractivity contribution in [3.8, 4) is 11.1 Å². The van der Waals surface area contributed by atoms with E-state index in [4.69, 9.17) is 0 Å². The summed E-state index contributed by atoms with van der Waals surface area (Å²) in [5, 5.41) is 3.87. The number of amides is 1. The molecule has 4 aromatic rings.